The van der Waals surface area contributed by atoms with E-state index in [-0.39, 0.29) is 0 Å². The minimum Gasteiger partial charge on any atom is -0.508 e. The molecule has 3 nitrogen and oxygen atoms in total. The van der Waals surface area contributed by atoms with E-state index >= 15 is 0 Å². The molecular formula is C20H24O3. The molecule has 0 atom stereocenters. The monoisotopic (exact) mass is 312 g/mol. The standard InChI is InChI=1S/C20H24O3/c1-5-7-14-12-19(22-3)20(23-4)13-17(14)15-9-10-18(21)16(11-15)8-6-2/h6,9-13,21H,2,5,7-8H2,1,3-4H3. The second-order valence-corrected chi connectivity index (χ2v) is 5.45. The minimum atomic E-state index is 0.297. The Labute approximate surface area is 138 Å². The third-order valence-corrected chi connectivity index (χ3v) is 3.88. The third-order valence-electron chi connectivity index (χ3n) is 3.88. The molecular weight excluding hydrogens is 288 g/mol. The summed E-state index contributed by atoms with van der Waals surface area (Å²) in [4.78, 5) is 0. The highest BCUT2D eigenvalue weighted by Gasteiger charge is 2.13. The number of allylic oxidation sites excluding steroid dienone is 1. The summed E-state index contributed by atoms with van der Waals surface area (Å²) in [6.07, 6.45) is 4.42. The van der Waals surface area contributed by atoms with Crippen molar-refractivity contribution in [3.05, 3.63) is 54.1 Å². The van der Waals surface area contributed by atoms with Crippen LogP contribution in [0.4, 0.5) is 0 Å². The highest BCUT2D eigenvalue weighted by atomic mass is 16.5. The van der Waals surface area contributed by atoms with Crippen LogP contribution in [0.5, 0.6) is 17.2 Å². The van der Waals surface area contributed by atoms with Gasteiger partial charge in [0.2, 0.25) is 0 Å². The van der Waals surface area contributed by atoms with Crippen LogP contribution < -0.4 is 9.47 Å². The number of hydrogen-bond acceptors (Lipinski definition) is 3. The molecule has 0 aliphatic carbocycles. The molecule has 0 spiro atoms. The van der Waals surface area contributed by atoms with E-state index in [0.29, 0.717) is 17.9 Å². The van der Waals surface area contributed by atoms with Gasteiger partial charge in [0.25, 0.3) is 0 Å². The van der Waals surface area contributed by atoms with E-state index in [2.05, 4.69) is 13.5 Å². The van der Waals surface area contributed by atoms with Crippen LogP contribution in [0.2, 0.25) is 0 Å². The average Bonchev–Trinajstić information content (AvgIpc) is 2.57. The Hall–Kier alpha value is -2.42. The van der Waals surface area contributed by atoms with Gasteiger partial charge in [-0.15, -0.1) is 6.58 Å². The molecule has 0 bridgehead atoms. The molecule has 0 unspecified atom stereocenters. The Morgan fingerprint density at radius 1 is 1.04 bits per heavy atom. The molecule has 0 aliphatic heterocycles. The lowest BCUT2D eigenvalue weighted by molar-refractivity contribution is 0.354. The average molecular weight is 312 g/mol. The highest BCUT2D eigenvalue weighted by Crippen LogP contribution is 2.37. The van der Waals surface area contributed by atoms with Crippen molar-refractivity contribution in [2.75, 3.05) is 14.2 Å². The topological polar surface area (TPSA) is 38.7 Å². The fourth-order valence-electron chi connectivity index (χ4n) is 2.74. The summed E-state index contributed by atoms with van der Waals surface area (Å²) in [6, 6.07) is 9.73. The van der Waals surface area contributed by atoms with Crippen LogP contribution in [0.1, 0.15) is 24.5 Å². The third kappa shape index (κ3) is 3.67. The van der Waals surface area contributed by atoms with Crippen molar-refractivity contribution in [3.63, 3.8) is 0 Å². The molecule has 23 heavy (non-hydrogen) atoms. The first-order valence-corrected chi connectivity index (χ1v) is 7.82. The Kier molecular flexibility index (Phi) is 5.69. The zero-order valence-corrected chi connectivity index (χ0v) is 14.1. The van der Waals surface area contributed by atoms with Crippen LogP contribution in [0.15, 0.2) is 43.0 Å². The van der Waals surface area contributed by atoms with Crippen LogP contribution in [0.3, 0.4) is 0 Å². The van der Waals surface area contributed by atoms with Gasteiger partial charge in [-0.25, -0.2) is 0 Å². The number of ether oxygens (including phenoxy) is 2. The van der Waals surface area contributed by atoms with E-state index in [4.69, 9.17) is 9.47 Å². The lowest BCUT2D eigenvalue weighted by Gasteiger charge is -2.16. The van der Waals surface area contributed by atoms with E-state index in [1.807, 2.05) is 24.3 Å². The van der Waals surface area contributed by atoms with Crippen LogP contribution in [-0.4, -0.2) is 19.3 Å². The van der Waals surface area contributed by atoms with Crippen molar-refractivity contribution in [3.8, 4) is 28.4 Å². The highest BCUT2D eigenvalue weighted by molar-refractivity contribution is 5.72. The van der Waals surface area contributed by atoms with Crippen molar-refractivity contribution in [2.45, 2.75) is 26.2 Å². The summed E-state index contributed by atoms with van der Waals surface area (Å²) in [7, 11) is 3.29. The number of rotatable bonds is 7. The maximum absolute atomic E-state index is 9.98. The molecule has 2 aromatic carbocycles. The summed E-state index contributed by atoms with van der Waals surface area (Å²) >= 11 is 0. The first-order chi connectivity index (χ1) is 11.1. The summed E-state index contributed by atoms with van der Waals surface area (Å²) in [5, 5.41) is 9.98. The molecule has 0 amide bonds. The van der Waals surface area contributed by atoms with Gasteiger partial charge in [0.15, 0.2) is 11.5 Å². The molecule has 2 aromatic rings. The number of phenolic OH excluding ortho intramolecular Hbond substituents is 1. The van der Waals surface area contributed by atoms with Crippen LogP contribution >= 0.6 is 0 Å². The lowest BCUT2D eigenvalue weighted by atomic mass is 9.94. The maximum atomic E-state index is 9.98. The number of hydrogen-bond donors (Lipinski definition) is 1. The van der Waals surface area contributed by atoms with E-state index in [9.17, 15) is 5.11 Å². The molecule has 0 saturated carbocycles. The number of phenols is 1. The van der Waals surface area contributed by atoms with Crippen LogP contribution in [0, 0.1) is 0 Å². The van der Waals surface area contributed by atoms with Crippen molar-refractivity contribution in [2.24, 2.45) is 0 Å². The van der Waals surface area contributed by atoms with Gasteiger partial charge in [0.1, 0.15) is 5.75 Å². The fraction of sp³-hybridized carbons (Fsp3) is 0.300. The first kappa shape index (κ1) is 16.9. The Bertz CT molecular complexity index is 690. The van der Waals surface area contributed by atoms with Crippen molar-refractivity contribution >= 4 is 0 Å². The van der Waals surface area contributed by atoms with Crippen molar-refractivity contribution < 1.29 is 14.6 Å². The molecule has 0 aromatic heterocycles. The quantitative estimate of drug-likeness (QED) is 0.749. The molecule has 0 aliphatic rings. The number of aryl methyl sites for hydroxylation is 1. The van der Waals surface area contributed by atoms with E-state index in [0.717, 1.165) is 35.3 Å². The molecule has 3 heteroatoms. The van der Waals surface area contributed by atoms with Crippen LogP contribution in [-0.2, 0) is 12.8 Å². The summed E-state index contributed by atoms with van der Waals surface area (Å²) in [6.45, 7) is 5.90. The normalized spacial score (nSPS) is 10.4. The van der Waals surface area contributed by atoms with Gasteiger partial charge in [-0.1, -0.05) is 25.5 Å². The predicted octanol–water partition coefficient (Wildman–Crippen LogP) is 4.76. The van der Waals surface area contributed by atoms with Gasteiger partial charge < -0.3 is 14.6 Å². The van der Waals surface area contributed by atoms with Crippen molar-refractivity contribution in [1.82, 2.24) is 0 Å². The fourth-order valence-corrected chi connectivity index (χ4v) is 2.74. The maximum Gasteiger partial charge on any atom is 0.161 e. The molecule has 0 saturated heterocycles. The second kappa shape index (κ2) is 7.73. The van der Waals surface area contributed by atoms with Gasteiger partial charge in [-0.2, -0.15) is 0 Å². The van der Waals surface area contributed by atoms with Gasteiger partial charge in [0.05, 0.1) is 14.2 Å². The van der Waals surface area contributed by atoms with Gasteiger partial charge in [-0.3, -0.25) is 0 Å². The van der Waals surface area contributed by atoms with E-state index in [1.165, 1.54) is 5.56 Å². The molecule has 1 N–H and O–H groups in total. The number of methoxy groups -OCH3 is 2. The predicted molar refractivity (Wildman–Crippen MR) is 94.5 cm³/mol. The largest absolute Gasteiger partial charge is 0.508 e. The molecule has 0 radical (unpaired) electrons. The molecule has 122 valence electrons. The molecule has 2 rings (SSSR count). The SMILES string of the molecule is C=CCc1cc(-c2cc(OC)c(OC)cc2CCC)ccc1O. The second-order valence-electron chi connectivity index (χ2n) is 5.45. The first-order valence-electron chi connectivity index (χ1n) is 7.82. The summed E-state index contributed by atoms with van der Waals surface area (Å²) in [5.41, 5.74) is 4.24. The Morgan fingerprint density at radius 3 is 2.35 bits per heavy atom. The smallest absolute Gasteiger partial charge is 0.161 e. The van der Waals surface area contributed by atoms with Gasteiger partial charge in [-0.05, 0) is 59.4 Å². The minimum absolute atomic E-state index is 0.297. The lowest BCUT2D eigenvalue weighted by Crippen LogP contribution is -1.97. The Balaban J connectivity index is 2.60. The van der Waals surface area contributed by atoms with E-state index in [1.54, 1.807) is 26.4 Å². The van der Waals surface area contributed by atoms with Crippen molar-refractivity contribution in [1.29, 1.82) is 0 Å². The summed E-state index contributed by atoms with van der Waals surface area (Å²) in [5.74, 6) is 1.75. The Morgan fingerprint density at radius 2 is 1.74 bits per heavy atom. The zero-order valence-electron chi connectivity index (χ0n) is 14.1. The van der Waals surface area contributed by atoms with E-state index < -0.39 is 0 Å². The van der Waals surface area contributed by atoms with Gasteiger partial charge in [0, 0.05) is 0 Å². The zero-order chi connectivity index (χ0) is 16.8. The molecule has 0 fully saturated rings. The van der Waals surface area contributed by atoms with Crippen LogP contribution in [0.25, 0.3) is 11.1 Å². The number of benzene rings is 2. The number of aromatic hydroxyl groups is 1. The summed E-state index contributed by atoms with van der Waals surface area (Å²) < 4.78 is 10.9. The molecule has 0 heterocycles. The van der Waals surface area contributed by atoms with Gasteiger partial charge >= 0.3 is 0 Å².